The summed E-state index contributed by atoms with van der Waals surface area (Å²) in [5, 5.41) is 0. The van der Waals surface area contributed by atoms with Gasteiger partial charge in [-0.05, 0) is 18.1 Å². The Balaban J connectivity index is 2.22. The maximum absolute atomic E-state index is 12.1. The van der Waals surface area contributed by atoms with Gasteiger partial charge in [-0.25, -0.2) is 4.79 Å². The van der Waals surface area contributed by atoms with Crippen molar-refractivity contribution in [1.82, 2.24) is 0 Å². The first-order chi connectivity index (χ1) is 10.7. The molecule has 0 heterocycles. The van der Waals surface area contributed by atoms with Crippen molar-refractivity contribution in [3.8, 4) is 0 Å². The van der Waals surface area contributed by atoms with Crippen LogP contribution in [0.4, 0.5) is 0 Å². The van der Waals surface area contributed by atoms with Crippen LogP contribution in [0.15, 0.2) is 72.3 Å². The molecule has 0 spiro atoms. The zero-order valence-electron chi connectivity index (χ0n) is 12.4. The van der Waals surface area contributed by atoms with Gasteiger partial charge in [0.2, 0.25) is 0 Å². The summed E-state index contributed by atoms with van der Waals surface area (Å²) in [6, 6.07) is 19.3. The molecule has 0 aromatic heterocycles. The van der Waals surface area contributed by atoms with Crippen LogP contribution in [0.1, 0.15) is 24.2 Å². The minimum Gasteiger partial charge on any atom is -0.453 e. The van der Waals surface area contributed by atoms with Crippen LogP contribution in [-0.2, 0) is 20.7 Å². The van der Waals surface area contributed by atoms with Crippen LogP contribution in [0.5, 0.6) is 0 Å². The third-order valence-electron chi connectivity index (χ3n) is 3.36. The van der Waals surface area contributed by atoms with Crippen molar-refractivity contribution in [2.75, 3.05) is 0 Å². The molecule has 3 nitrogen and oxygen atoms in total. The molecule has 0 bridgehead atoms. The summed E-state index contributed by atoms with van der Waals surface area (Å²) in [7, 11) is 0. The lowest BCUT2D eigenvalue weighted by atomic mass is 10.0. The molecule has 0 fully saturated rings. The first-order valence-corrected chi connectivity index (χ1v) is 7.16. The maximum Gasteiger partial charge on any atom is 0.341 e. The molecular formula is C19H18O3. The van der Waals surface area contributed by atoms with E-state index in [1.807, 2.05) is 60.7 Å². The fraction of sp³-hybridized carbons (Fsp3) is 0.158. The van der Waals surface area contributed by atoms with Gasteiger partial charge in [0.1, 0.15) is 6.10 Å². The number of aldehydes is 1. The normalized spacial score (nSPS) is 12.5. The van der Waals surface area contributed by atoms with Crippen LogP contribution in [-0.4, -0.2) is 12.3 Å². The number of carbonyl (C=O) groups is 2. The predicted molar refractivity (Wildman–Crippen MR) is 85.2 cm³/mol. The first-order valence-electron chi connectivity index (χ1n) is 7.16. The van der Waals surface area contributed by atoms with Crippen molar-refractivity contribution in [3.05, 3.63) is 83.4 Å². The second-order valence-electron chi connectivity index (χ2n) is 4.86. The summed E-state index contributed by atoms with van der Waals surface area (Å²) in [6.07, 6.45) is 2.12. The third kappa shape index (κ3) is 4.16. The van der Waals surface area contributed by atoms with Gasteiger partial charge in [0.15, 0.2) is 6.29 Å². The molecule has 3 heteroatoms. The summed E-state index contributed by atoms with van der Waals surface area (Å²) in [5.74, 6) is -0.595. The van der Waals surface area contributed by atoms with E-state index in [0.29, 0.717) is 12.7 Å². The van der Waals surface area contributed by atoms with Crippen LogP contribution < -0.4 is 0 Å². The maximum atomic E-state index is 12.1. The molecule has 0 saturated carbocycles. The lowest BCUT2D eigenvalue weighted by Gasteiger charge is -2.18. The number of carbonyl (C=O) groups excluding carboxylic acids is 2. The average molecular weight is 294 g/mol. The number of hydrogen-bond donors (Lipinski definition) is 0. The average Bonchev–Trinajstić information content (AvgIpc) is 2.57. The number of esters is 1. The van der Waals surface area contributed by atoms with Crippen molar-refractivity contribution >= 4 is 12.3 Å². The second kappa shape index (κ2) is 7.93. The fourth-order valence-electron chi connectivity index (χ4n) is 2.15. The Kier molecular flexibility index (Phi) is 5.66. The molecule has 0 aliphatic heterocycles. The number of allylic oxidation sites excluding steroid dienone is 1. The van der Waals surface area contributed by atoms with E-state index in [4.69, 9.17) is 4.74 Å². The largest absolute Gasteiger partial charge is 0.453 e. The van der Waals surface area contributed by atoms with Crippen LogP contribution in [0.25, 0.3) is 0 Å². The molecule has 2 aromatic rings. The second-order valence-corrected chi connectivity index (χ2v) is 4.86. The minimum absolute atomic E-state index is 0.0361. The third-order valence-corrected chi connectivity index (χ3v) is 3.36. The van der Waals surface area contributed by atoms with Gasteiger partial charge < -0.3 is 4.74 Å². The number of ether oxygens (including phenoxy) is 1. The van der Waals surface area contributed by atoms with Crippen molar-refractivity contribution < 1.29 is 14.3 Å². The van der Waals surface area contributed by atoms with Gasteiger partial charge in [0, 0.05) is 6.42 Å². The standard InChI is InChI=1S/C19H18O3/c1-2-16(14-20)19(21)22-18(17-11-7-4-8-12-17)13-15-9-5-3-6-10-15/h2-12,14,18H,13H2,1H3. The fourth-order valence-corrected chi connectivity index (χ4v) is 2.15. The van der Waals surface area contributed by atoms with Crippen LogP contribution in [0, 0.1) is 0 Å². The molecule has 0 saturated heterocycles. The van der Waals surface area contributed by atoms with E-state index in [-0.39, 0.29) is 5.57 Å². The Labute approximate surface area is 130 Å². The SMILES string of the molecule is CC=C(C=O)C(=O)OC(Cc1ccccc1)c1ccccc1. The number of hydrogen-bond acceptors (Lipinski definition) is 3. The van der Waals surface area contributed by atoms with E-state index in [9.17, 15) is 9.59 Å². The topological polar surface area (TPSA) is 43.4 Å². The van der Waals surface area contributed by atoms with Crippen molar-refractivity contribution in [2.45, 2.75) is 19.4 Å². The summed E-state index contributed by atoms with van der Waals surface area (Å²) >= 11 is 0. The molecule has 0 N–H and O–H groups in total. The molecule has 0 radical (unpaired) electrons. The molecule has 0 aliphatic carbocycles. The molecule has 2 rings (SSSR count). The highest BCUT2D eigenvalue weighted by Gasteiger charge is 2.19. The van der Waals surface area contributed by atoms with Crippen LogP contribution >= 0.6 is 0 Å². The molecule has 1 atom stereocenters. The zero-order chi connectivity index (χ0) is 15.8. The van der Waals surface area contributed by atoms with Crippen molar-refractivity contribution in [2.24, 2.45) is 0 Å². The predicted octanol–water partition coefficient (Wildman–Crippen LogP) is 3.66. The molecule has 0 aliphatic rings. The van der Waals surface area contributed by atoms with Crippen LogP contribution in [0.2, 0.25) is 0 Å². The highest BCUT2D eigenvalue weighted by atomic mass is 16.5. The summed E-state index contributed by atoms with van der Waals surface area (Å²) < 4.78 is 5.55. The Bertz CT molecular complexity index is 645. The molecule has 22 heavy (non-hydrogen) atoms. The van der Waals surface area contributed by atoms with E-state index in [2.05, 4.69) is 0 Å². The minimum atomic E-state index is -0.595. The quantitative estimate of drug-likeness (QED) is 0.268. The summed E-state index contributed by atoms with van der Waals surface area (Å²) in [4.78, 5) is 22.9. The Morgan fingerprint density at radius 1 is 1.05 bits per heavy atom. The Morgan fingerprint density at radius 3 is 2.18 bits per heavy atom. The van der Waals surface area contributed by atoms with E-state index in [0.717, 1.165) is 11.1 Å². The number of benzene rings is 2. The molecule has 2 aromatic carbocycles. The summed E-state index contributed by atoms with van der Waals surface area (Å²) in [5.41, 5.74) is 2.01. The highest BCUT2D eigenvalue weighted by molar-refractivity contribution is 6.07. The monoisotopic (exact) mass is 294 g/mol. The van der Waals surface area contributed by atoms with Gasteiger partial charge >= 0.3 is 5.97 Å². The molecule has 0 amide bonds. The lowest BCUT2D eigenvalue weighted by molar-refractivity contribution is -0.145. The Morgan fingerprint density at radius 2 is 1.64 bits per heavy atom. The van der Waals surface area contributed by atoms with Gasteiger partial charge in [-0.3, -0.25) is 4.79 Å². The van der Waals surface area contributed by atoms with Gasteiger partial charge in [0.25, 0.3) is 0 Å². The van der Waals surface area contributed by atoms with Crippen molar-refractivity contribution in [1.29, 1.82) is 0 Å². The van der Waals surface area contributed by atoms with Crippen molar-refractivity contribution in [3.63, 3.8) is 0 Å². The van der Waals surface area contributed by atoms with E-state index < -0.39 is 12.1 Å². The molecule has 1 unspecified atom stereocenters. The zero-order valence-corrected chi connectivity index (χ0v) is 12.4. The lowest BCUT2D eigenvalue weighted by Crippen LogP contribution is -2.16. The highest BCUT2D eigenvalue weighted by Crippen LogP contribution is 2.23. The smallest absolute Gasteiger partial charge is 0.341 e. The van der Waals surface area contributed by atoms with Gasteiger partial charge in [0.05, 0.1) is 5.57 Å². The van der Waals surface area contributed by atoms with Gasteiger partial charge in [-0.2, -0.15) is 0 Å². The van der Waals surface area contributed by atoms with Gasteiger partial charge in [-0.15, -0.1) is 0 Å². The molecular weight excluding hydrogens is 276 g/mol. The van der Waals surface area contributed by atoms with E-state index >= 15 is 0 Å². The van der Waals surface area contributed by atoms with E-state index in [1.54, 1.807) is 6.92 Å². The first kappa shape index (κ1) is 15.7. The number of rotatable bonds is 6. The van der Waals surface area contributed by atoms with Crippen LogP contribution in [0.3, 0.4) is 0 Å². The summed E-state index contributed by atoms with van der Waals surface area (Å²) in [6.45, 7) is 1.64. The van der Waals surface area contributed by atoms with Gasteiger partial charge in [-0.1, -0.05) is 66.7 Å². The molecule has 112 valence electrons. The van der Waals surface area contributed by atoms with E-state index in [1.165, 1.54) is 6.08 Å². The Hall–Kier alpha value is -2.68.